The van der Waals surface area contributed by atoms with Gasteiger partial charge in [-0.25, -0.2) is 27.5 Å². The van der Waals surface area contributed by atoms with Gasteiger partial charge in [0.15, 0.2) is 11.4 Å². The smallest absolute Gasteiger partial charge is 0.267 e. The molecule has 2 atom stereocenters. The Morgan fingerprint density at radius 2 is 1.78 bits per heavy atom. The Kier molecular flexibility index (Phi) is 9.78. The number of halogens is 5. The zero-order valence-corrected chi connectivity index (χ0v) is 31.0. The summed E-state index contributed by atoms with van der Waals surface area (Å²) in [4.78, 5) is 39.5. The van der Waals surface area contributed by atoms with Gasteiger partial charge in [-0.2, -0.15) is 5.10 Å². The number of hydrogen-bond donors (Lipinski definition) is 2. The molecule has 3 aliphatic heterocycles. The summed E-state index contributed by atoms with van der Waals surface area (Å²) in [5.41, 5.74) is 3.08. The SMILES string of the molecule is Cc1nn(C)cc1-c1nc2ncc(Cl)c(Oc3ccc(C4CCN(CC5CCN(c6cc(F)c([C@H]7CCC(=O)NC7=O)cc6F)CC5)CC4(F)F)cc3)c2[nH]1. The number of likely N-dealkylation sites (tertiary alicyclic amines) is 1. The number of amides is 2. The van der Waals surface area contributed by atoms with Crippen LogP contribution in [-0.4, -0.2) is 80.1 Å². The minimum Gasteiger partial charge on any atom is -0.453 e. The van der Waals surface area contributed by atoms with Crippen molar-refractivity contribution in [3.05, 3.63) is 82.3 Å². The number of carbonyl (C=O) groups excluding carboxylic acids is 2. The summed E-state index contributed by atoms with van der Waals surface area (Å²) in [5.74, 6) is -5.80. The molecule has 16 heteroatoms. The molecule has 1 unspecified atom stereocenters. The second-order valence-corrected chi connectivity index (χ2v) is 15.2. The lowest BCUT2D eigenvalue weighted by Gasteiger charge is -2.41. The van der Waals surface area contributed by atoms with E-state index < -0.39 is 41.2 Å². The third-order valence-corrected chi connectivity index (χ3v) is 11.3. The normalized spacial score (nSPS) is 21.0. The highest BCUT2D eigenvalue weighted by atomic mass is 35.5. The van der Waals surface area contributed by atoms with Crippen LogP contribution in [0.3, 0.4) is 0 Å². The molecule has 3 aliphatic rings. The minimum absolute atomic E-state index is 0.0632. The number of alkyl halides is 2. The number of nitrogens with one attached hydrogen (secondary N) is 2. The van der Waals surface area contributed by atoms with Crippen molar-refractivity contribution in [3.63, 3.8) is 0 Å². The average Bonchev–Trinajstić information content (AvgIpc) is 3.73. The number of carbonyl (C=O) groups is 2. The van der Waals surface area contributed by atoms with Gasteiger partial charge in [0, 0.05) is 50.9 Å². The molecule has 2 aromatic carbocycles. The van der Waals surface area contributed by atoms with Crippen LogP contribution in [-0.2, 0) is 16.6 Å². The van der Waals surface area contributed by atoms with Crippen LogP contribution in [0, 0.1) is 24.5 Å². The molecular formula is C39H39ClF4N8O3. The van der Waals surface area contributed by atoms with E-state index in [0.717, 1.165) is 23.4 Å². The zero-order chi connectivity index (χ0) is 38.6. The Hall–Kier alpha value is -5.02. The molecule has 3 fully saturated rings. The highest BCUT2D eigenvalue weighted by molar-refractivity contribution is 6.32. The van der Waals surface area contributed by atoms with Crippen molar-refractivity contribution >= 4 is 40.3 Å². The molecule has 0 radical (unpaired) electrons. The largest absolute Gasteiger partial charge is 0.453 e. The van der Waals surface area contributed by atoms with Gasteiger partial charge in [-0.3, -0.25) is 24.5 Å². The summed E-state index contributed by atoms with van der Waals surface area (Å²) in [7, 11) is 1.82. The molecule has 3 aromatic heterocycles. The molecule has 3 saturated heterocycles. The number of rotatable bonds is 8. The first-order chi connectivity index (χ1) is 26.3. The number of benzene rings is 2. The van der Waals surface area contributed by atoms with Crippen molar-refractivity contribution < 1.29 is 31.9 Å². The maximum atomic E-state index is 15.7. The first kappa shape index (κ1) is 36.9. The van der Waals surface area contributed by atoms with Gasteiger partial charge < -0.3 is 14.6 Å². The molecule has 0 aliphatic carbocycles. The molecule has 5 aromatic rings. The van der Waals surface area contributed by atoms with E-state index in [0.29, 0.717) is 73.1 Å². The van der Waals surface area contributed by atoms with Gasteiger partial charge in [0.2, 0.25) is 11.8 Å². The maximum absolute atomic E-state index is 15.7. The Labute approximate surface area is 319 Å². The third-order valence-electron chi connectivity index (χ3n) is 11.0. The first-order valence-electron chi connectivity index (χ1n) is 18.3. The second-order valence-electron chi connectivity index (χ2n) is 14.8. The van der Waals surface area contributed by atoms with Crippen molar-refractivity contribution in [3.8, 4) is 22.9 Å². The van der Waals surface area contributed by atoms with Gasteiger partial charge in [-0.1, -0.05) is 23.7 Å². The van der Waals surface area contributed by atoms with Crippen LogP contribution in [0.25, 0.3) is 22.6 Å². The molecule has 55 heavy (non-hydrogen) atoms. The number of aromatic nitrogens is 5. The molecule has 0 bridgehead atoms. The Morgan fingerprint density at radius 1 is 1.02 bits per heavy atom. The van der Waals surface area contributed by atoms with E-state index in [2.05, 4.69) is 25.4 Å². The van der Waals surface area contributed by atoms with Gasteiger partial charge in [0.25, 0.3) is 5.92 Å². The molecule has 6 heterocycles. The number of fused-ring (bicyclic) bond motifs is 1. The number of piperidine rings is 3. The summed E-state index contributed by atoms with van der Waals surface area (Å²) >= 11 is 6.50. The van der Waals surface area contributed by atoms with E-state index in [1.165, 1.54) is 6.20 Å². The highest BCUT2D eigenvalue weighted by Gasteiger charge is 2.45. The number of hydrogen-bond acceptors (Lipinski definition) is 8. The van der Waals surface area contributed by atoms with Crippen LogP contribution in [0.2, 0.25) is 5.02 Å². The zero-order valence-electron chi connectivity index (χ0n) is 30.2. The van der Waals surface area contributed by atoms with E-state index in [1.54, 1.807) is 33.8 Å². The number of H-pyrrole nitrogens is 1. The van der Waals surface area contributed by atoms with E-state index in [-0.39, 0.29) is 48.0 Å². The van der Waals surface area contributed by atoms with Crippen molar-refractivity contribution in [1.29, 1.82) is 0 Å². The molecule has 288 valence electrons. The van der Waals surface area contributed by atoms with Crippen molar-refractivity contribution in [2.45, 2.75) is 56.8 Å². The molecular weight excluding hydrogens is 740 g/mol. The quantitative estimate of drug-likeness (QED) is 0.125. The minimum atomic E-state index is -2.97. The van der Waals surface area contributed by atoms with Crippen LogP contribution in [0.5, 0.6) is 11.5 Å². The fraction of sp³-hybridized carbons (Fsp3) is 0.410. The molecule has 0 spiro atoms. The lowest BCUT2D eigenvalue weighted by atomic mass is 9.85. The van der Waals surface area contributed by atoms with Gasteiger partial charge in [0.05, 0.1) is 41.5 Å². The standard InChI is InChI=1S/C39H39ClF4N8O3/c1-21-27(19-50(2)49-21)36-47-34-35(29(40)17-45-37(34)48-36)55-24-5-3-23(4-6-24)28-11-12-51(20-39(28,43)44)18-22-9-13-52(14-10-22)32-16-30(41)26(15-31(32)42)25-7-8-33(53)46-38(25)54/h3-6,15-17,19,22,25,28H,7-14,18,20H2,1-2H3,(H,45,47,48)(H,46,53,54)/t25-,28?/m1/s1. The fourth-order valence-electron chi connectivity index (χ4n) is 8.21. The monoisotopic (exact) mass is 778 g/mol. The number of aromatic amines is 1. The predicted octanol–water partition coefficient (Wildman–Crippen LogP) is 7.25. The average molecular weight is 779 g/mol. The Morgan fingerprint density at radius 3 is 2.47 bits per heavy atom. The van der Waals surface area contributed by atoms with E-state index in [9.17, 15) is 9.59 Å². The highest BCUT2D eigenvalue weighted by Crippen LogP contribution is 2.43. The van der Waals surface area contributed by atoms with Gasteiger partial charge in [0.1, 0.15) is 33.7 Å². The maximum Gasteiger partial charge on any atom is 0.267 e. The van der Waals surface area contributed by atoms with Gasteiger partial charge in [-0.05, 0) is 68.8 Å². The Bertz CT molecular complexity index is 2270. The molecule has 0 saturated carbocycles. The summed E-state index contributed by atoms with van der Waals surface area (Å²) < 4.78 is 69.7. The molecule has 8 rings (SSSR count). The van der Waals surface area contributed by atoms with Crippen molar-refractivity contribution in [2.75, 3.05) is 37.6 Å². The number of aryl methyl sites for hydroxylation is 2. The van der Waals surface area contributed by atoms with E-state index in [1.807, 2.05) is 25.1 Å². The van der Waals surface area contributed by atoms with Gasteiger partial charge in [-0.15, -0.1) is 0 Å². The summed E-state index contributed by atoms with van der Waals surface area (Å²) in [5, 5.41) is 6.82. The number of anilines is 1. The number of ether oxygens (including phenoxy) is 1. The van der Waals surface area contributed by atoms with Crippen LogP contribution in [0.15, 0.2) is 48.8 Å². The summed E-state index contributed by atoms with van der Waals surface area (Å²) in [6.07, 6.45) is 5.04. The number of imidazole rings is 1. The van der Waals surface area contributed by atoms with Crippen molar-refractivity contribution in [2.24, 2.45) is 13.0 Å². The summed E-state index contributed by atoms with van der Waals surface area (Å²) in [6.45, 7) is 3.39. The third kappa shape index (κ3) is 7.39. The second kappa shape index (κ2) is 14.6. The lowest BCUT2D eigenvalue weighted by molar-refractivity contribution is -0.134. The number of imide groups is 1. The van der Waals surface area contributed by atoms with Gasteiger partial charge >= 0.3 is 0 Å². The summed E-state index contributed by atoms with van der Waals surface area (Å²) in [6, 6.07) is 8.83. The lowest BCUT2D eigenvalue weighted by Crippen LogP contribution is -2.49. The van der Waals surface area contributed by atoms with E-state index in [4.69, 9.17) is 16.3 Å². The predicted molar refractivity (Wildman–Crippen MR) is 198 cm³/mol. The van der Waals surface area contributed by atoms with E-state index >= 15 is 17.6 Å². The van der Waals surface area contributed by atoms with Crippen molar-refractivity contribution in [1.82, 2.24) is 34.9 Å². The van der Waals surface area contributed by atoms with Crippen LogP contribution < -0.4 is 15.0 Å². The molecule has 2 amide bonds. The van der Waals surface area contributed by atoms with Crippen LogP contribution >= 0.6 is 11.6 Å². The Balaban J connectivity index is 0.868. The molecule has 2 N–H and O–H groups in total. The van der Waals surface area contributed by atoms with Crippen LogP contribution in [0.1, 0.15) is 60.8 Å². The van der Waals surface area contributed by atoms with Crippen LogP contribution in [0.4, 0.5) is 23.2 Å². The topological polar surface area (TPSA) is 121 Å². The first-order valence-corrected chi connectivity index (χ1v) is 18.7. The molecule has 11 nitrogen and oxygen atoms in total. The number of pyridine rings is 1. The fourth-order valence-corrected chi connectivity index (χ4v) is 8.39. The number of nitrogens with zero attached hydrogens (tertiary/aromatic N) is 6.